The van der Waals surface area contributed by atoms with Crippen LogP contribution in [0.4, 0.5) is 4.79 Å². The van der Waals surface area contributed by atoms with Crippen molar-refractivity contribution in [3.8, 4) is 0 Å². The normalized spacial score (nSPS) is 22.1. The van der Waals surface area contributed by atoms with Gasteiger partial charge in [-0.1, -0.05) is 6.92 Å². The Labute approximate surface area is 120 Å². The molecule has 1 rings (SSSR count). The number of hydrogen-bond acceptors (Lipinski definition) is 3. The van der Waals surface area contributed by atoms with Crippen molar-refractivity contribution in [3.63, 3.8) is 0 Å². The molecular formula is C14H26N2O4. The van der Waals surface area contributed by atoms with E-state index in [2.05, 4.69) is 5.32 Å². The summed E-state index contributed by atoms with van der Waals surface area (Å²) >= 11 is 0. The zero-order chi connectivity index (χ0) is 15.1. The van der Waals surface area contributed by atoms with Crippen LogP contribution in [0.25, 0.3) is 0 Å². The number of hydrogen-bond donors (Lipinski definition) is 2. The minimum Gasteiger partial charge on any atom is -0.481 e. The number of carbonyl (C=O) groups excluding carboxylic acids is 1. The van der Waals surface area contributed by atoms with Gasteiger partial charge in [-0.15, -0.1) is 0 Å². The van der Waals surface area contributed by atoms with E-state index in [9.17, 15) is 9.59 Å². The number of carbonyl (C=O) groups is 2. The number of piperidine rings is 1. The molecule has 0 aromatic carbocycles. The van der Waals surface area contributed by atoms with Gasteiger partial charge >= 0.3 is 12.0 Å². The number of methoxy groups -OCH3 is 1. The summed E-state index contributed by atoms with van der Waals surface area (Å²) in [6, 6.07) is -0.0823. The lowest BCUT2D eigenvalue weighted by atomic mass is 9.85. The van der Waals surface area contributed by atoms with Crippen LogP contribution in [0.5, 0.6) is 0 Å². The van der Waals surface area contributed by atoms with Gasteiger partial charge in [0.05, 0.1) is 6.10 Å². The summed E-state index contributed by atoms with van der Waals surface area (Å²) in [6.45, 7) is 5.72. The van der Waals surface area contributed by atoms with Crippen LogP contribution in [-0.2, 0) is 9.53 Å². The quantitative estimate of drug-likeness (QED) is 0.776. The second kappa shape index (κ2) is 8.09. The number of carboxylic acids is 1. The molecule has 3 unspecified atom stereocenters. The van der Waals surface area contributed by atoms with E-state index < -0.39 is 5.97 Å². The highest BCUT2D eigenvalue weighted by atomic mass is 16.5. The van der Waals surface area contributed by atoms with Crippen LogP contribution in [-0.4, -0.2) is 54.9 Å². The third-order valence-electron chi connectivity index (χ3n) is 3.99. The highest BCUT2D eigenvalue weighted by Gasteiger charge is 2.28. The lowest BCUT2D eigenvalue weighted by molar-refractivity contribution is -0.138. The van der Waals surface area contributed by atoms with Gasteiger partial charge in [-0.3, -0.25) is 4.79 Å². The molecule has 0 aromatic rings. The Hall–Kier alpha value is -1.30. The van der Waals surface area contributed by atoms with Crippen LogP contribution in [0.15, 0.2) is 0 Å². The minimum absolute atomic E-state index is 0.00882. The molecule has 20 heavy (non-hydrogen) atoms. The SMILES string of the molecule is COC(C)CNC(=O)N1CCCC(C(C)CC(=O)O)C1. The number of aliphatic carboxylic acids is 1. The lowest BCUT2D eigenvalue weighted by Gasteiger charge is -2.35. The number of nitrogens with one attached hydrogen (secondary N) is 1. The fourth-order valence-corrected chi connectivity index (χ4v) is 2.53. The van der Waals surface area contributed by atoms with Crippen LogP contribution < -0.4 is 5.32 Å². The number of rotatable bonds is 6. The minimum atomic E-state index is -0.770. The lowest BCUT2D eigenvalue weighted by Crippen LogP contribution is -2.48. The van der Waals surface area contributed by atoms with Gasteiger partial charge in [-0.25, -0.2) is 4.79 Å². The molecule has 0 radical (unpaired) electrons. The average Bonchev–Trinajstić information content (AvgIpc) is 2.43. The van der Waals surface area contributed by atoms with Gasteiger partial charge in [-0.2, -0.15) is 0 Å². The van der Waals surface area contributed by atoms with Crippen LogP contribution >= 0.6 is 0 Å². The Balaban J connectivity index is 2.43. The molecule has 1 fully saturated rings. The molecule has 3 atom stereocenters. The van der Waals surface area contributed by atoms with E-state index in [0.29, 0.717) is 13.1 Å². The molecule has 2 amide bonds. The number of carboxylic acid groups (broad SMARTS) is 1. The third-order valence-corrected chi connectivity index (χ3v) is 3.99. The summed E-state index contributed by atoms with van der Waals surface area (Å²) in [5.74, 6) is -0.403. The van der Waals surface area contributed by atoms with Crippen molar-refractivity contribution in [3.05, 3.63) is 0 Å². The molecule has 0 aromatic heterocycles. The van der Waals surface area contributed by atoms with E-state index in [0.717, 1.165) is 19.4 Å². The van der Waals surface area contributed by atoms with Crippen molar-refractivity contribution in [2.24, 2.45) is 11.8 Å². The molecule has 1 aliphatic heterocycles. The molecular weight excluding hydrogens is 260 g/mol. The first-order valence-corrected chi connectivity index (χ1v) is 7.21. The molecule has 1 saturated heterocycles. The molecule has 0 spiro atoms. The largest absolute Gasteiger partial charge is 0.481 e. The topological polar surface area (TPSA) is 78.9 Å². The molecule has 0 bridgehead atoms. The maximum absolute atomic E-state index is 12.1. The highest BCUT2D eigenvalue weighted by molar-refractivity contribution is 5.74. The van der Waals surface area contributed by atoms with E-state index in [1.165, 1.54) is 0 Å². The first kappa shape index (κ1) is 16.8. The Kier molecular flexibility index (Phi) is 6.78. The number of ether oxygens (including phenoxy) is 1. The second-order valence-corrected chi connectivity index (χ2v) is 5.66. The first-order chi connectivity index (χ1) is 9.43. The summed E-state index contributed by atoms with van der Waals surface area (Å²) in [5.41, 5.74) is 0. The molecule has 6 heteroatoms. The van der Waals surface area contributed by atoms with E-state index in [-0.39, 0.29) is 30.4 Å². The Morgan fingerprint density at radius 1 is 1.45 bits per heavy atom. The molecule has 116 valence electrons. The van der Waals surface area contributed by atoms with Crippen molar-refractivity contribution < 1.29 is 19.4 Å². The van der Waals surface area contributed by atoms with Crippen molar-refractivity contribution in [1.29, 1.82) is 0 Å². The van der Waals surface area contributed by atoms with Crippen molar-refractivity contribution >= 4 is 12.0 Å². The second-order valence-electron chi connectivity index (χ2n) is 5.66. The monoisotopic (exact) mass is 286 g/mol. The maximum atomic E-state index is 12.1. The Morgan fingerprint density at radius 3 is 2.75 bits per heavy atom. The van der Waals surface area contributed by atoms with E-state index >= 15 is 0 Å². The van der Waals surface area contributed by atoms with Gasteiger partial charge in [0.2, 0.25) is 0 Å². The van der Waals surface area contributed by atoms with Crippen LogP contribution in [0, 0.1) is 11.8 Å². The summed E-state index contributed by atoms with van der Waals surface area (Å²) in [6.07, 6.45) is 2.08. The predicted octanol–water partition coefficient (Wildman–Crippen LogP) is 1.55. The number of amides is 2. The predicted molar refractivity (Wildman–Crippen MR) is 75.6 cm³/mol. The molecule has 0 aliphatic carbocycles. The summed E-state index contributed by atoms with van der Waals surface area (Å²) in [7, 11) is 1.61. The number of likely N-dealkylation sites (tertiary alicyclic amines) is 1. The first-order valence-electron chi connectivity index (χ1n) is 7.21. The fourth-order valence-electron chi connectivity index (χ4n) is 2.53. The summed E-state index contributed by atoms with van der Waals surface area (Å²) in [5, 5.41) is 11.7. The van der Waals surface area contributed by atoms with Crippen molar-refractivity contribution in [2.75, 3.05) is 26.7 Å². The Morgan fingerprint density at radius 2 is 2.15 bits per heavy atom. The van der Waals surface area contributed by atoms with Gasteiger partial charge in [0, 0.05) is 33.2 Å². The average molecular weight is 286 g/mol. The molecule has 2 N–H and O–H groups in total. The molecule has 0 saturated carbocycles. The molecule has 1 aliphatic rings. The van der Waals surface area contributed by atoms with Gasteiger partial charge in [0.25, 0.3) is 0 Å². The summed E-state index contributed by atoms with van der Waals surface area (Å²) in [4.78, 5) is 24.6. The number of nitrogens with zero attached hydrogens (tertiary/aromatic N) is 1. The van der Waals surface area contributed by atoms with Crippen molar-refractivity contribution in [2.45, 2.75) is 39.2 Å². The zero-order valence-corrected chi connectivity index (χ0v) is 12.6. The fraction of sp³-hybridized carbons (Fsp3) is 0.857. The molecule has 6 nitrogen and oxygen atoms in total. The van der Waals surface area contributed by atoms with E-state index in [1.807, 2.05) is 13.8 Å². The summed E-state index contributed by atoms with van der Waals surface area (Å²) < 4.78 is 5.09. The maximum Gasteiger partial charge on any atom is 0.317 e. The van der Waals surface area contributed by atoms with Gasteiger partial charge in [-0.05, 0) is 31.6 Å². The van der Waals surface area contributed by atoms with E-state index in [4.69, 9.17) is 9.84 Å². The number of urea groups is 1. The standard InChI is InChI=1S/C14H26N2O4/c1-10(7-13(17)18)12-5-4-6-16(9-12)14(19)15-8-11(2)20-3/h10-12H,4-9H2,1-3H3,(H,15,19)(H,17,18). The van der Waals surface area contributed by atoms with Crippen LogP contribution in [0.3, 0.4) is 0 Å². The van der Waals surface area contributed by atoms with Gasteiger partial charge in [0.1, 0.15) is 0 Å². The smallest absolute Gasteiger partial charge is 0.317 e. The van der Waals surface area contributed by atoms with Gasteiger partial charge < -0.3 is 20.1 Å². The van der Waals surface area contributed by atoms with Gasteiger partial charge in [0.15, 0.2) is 0 Å². The Bertz CT molecular complexity index is 335. The van der Waals surface area contributed by atoms with Crippen molar-refractivity contribution in [1.82, 2.24) is 10.2 Å². The van der Waals surface area contributed by atoms with Crippen LogP contribution in [0.2, 0.25) is 0 Å². The zero-order valence-electron chi connectivity index (χ0n) is 12.6. The third kappa shape index (κ3) is 5.36. The van der Waals surface area contributed by atoms with Crippen LogP contribution in [0.1, 0.15) is 33.1 Å². The molecule has 1 heterocycles. The van der Waals surface area contributed by atoms with E-state index in [1.54, 1.807) is 12.0 Å². The highest BCUT2D eigenvalue weighted by Crippen LogP contribution is 2.26.